The molecule has 3 heteroatoms. The smallest absolute Gasteiger partial charge is 0.253 e. The Kier molecular flexibility index (Phi) is 4.97. The Morgan fingerprint density at radius 3 is 1.84 bits per heavy atom. The predicted molar refractivity (Wildman–Crippen MR) is 84.7 cm³/mol. The minimum atomic E-state index is -2.15. The van der Waals surface area contributed by atoms with E-state index in [9.17, 15) is 0 Å². The zero-order valence-electron chi connectivity index (χ0n) is 10.9. The molecule has 98 valence electrons. The fourth-order valence-corrected chi connectivity index (χ4v) is 4.92. The van der Waals surface area contributed by atoms with E-state index < -0.39 is 8.32 Å². The van der Waals surface area contributed by atoms with Crippen molar-refractivity contribution < 1.29 is 4.43 Å². The summed E-state index contributed by atoms with van der Waals surface area (Å²) in [4.78, 5) is 0. The lowest BCUT2D eigenvalue weighted by Crippen LogP contribution is -2.58. The van der Waals surface area contributed by atoms with Gasteiger partial charge in [-0.25, -0.2) is 0 Å². The molecule has 0 bridgehead atoms. The van der Waals surface area contributed by atoms with Crippen LogP contribution in [0.1, 0.15) is 0 Å². The summed E-state index contributed by atoms with van der Waals surface area (Å²) in [6, 6.07) is 20.9. The summed E-state index contributed by atoms with van der Waals surface area (Å²) in [5, 5.41) is 2.54. The van der Waals surface area contributed by atoms with Gasteiger partial charge in [0.05, 0.1) is 6.61 Å². The second-order valence-corrected chi connectivity index (χ2v) is 8.20. The molecule has 0 spiro atoms. The molecule has 0 amide bonds. The van der Waals surface area contributed by atoms with E-state index in [1.807, 2.05) is 18.2 Å². The van der Waals surface area contributed by atoms with Crippen LogP contribution in [0.4, 0.5) is 0 Å². The van der Waals surface area contributed by atoms with Gasteiger partial charge in [-0.1, -0.05) is 72.3 Å². The van der Waals surface area contributed by atoms with Gasteiger partial charge < -0.3 is 4.43 Å². The first-order valence-electron chi connectivity index (χ1n) is 6.27. The second kappa shape index (κ2) is 6.71. The SMILES string of the molecule is C[Si](OC/C=C/Cl)(c1ccccc1)c1ccccc1. The minimum absolute atomic E-state index is 0.538. The van der Waals surface area contributed by atoms with Crippen molar-refractivity contribution in [1.29, 1.82) is 0 Å². The van der Waals surface area contributed by atoms with Gasteiger partial charge in [0.15, 0.2) is 0 Å². The fourth-order valence-electron chi connectivity index (χ4n) is 2.10. The van der Waals surface area contributed by atoms with E-state index in [-0.39, 0.29) is 0 Å². The lowest BCUT2D eigenvalue weighted by molar-refractivity contribution is 0.367. The van der Waals surface area contributed by atoms with Crippen molar-refractivity contribution in [2.24, 2.45) is 0 Å². The first kappa shape index (κ1) is 14.1. The minimum Gasteiger partial charge on any atom is -0.404 e. The first-order valence-corrected chi connectivity index (χ1v) is 9.12. The van der Waals surface area contributed by atoms with E-state index >= 15 is 0 Å². The standard InChI is InChI=1S/C16H17ClOSi/c1-19(18-14-8-13-17,15-9-4-2-5-10-15)16-11-6-3-7-12-16/h2-13H,14H2,1H3/b13-8+. The van der Waals surface area contributed by atoms with Gasteiger partial charge in [0.2, 0.25) is 0 Å². The Morgan fingerprint density at radius 1 is 0.947 bits per heavy atom. The maximum Gasteiger partial charge on any atom is 0.253 e. The van der Waals surface area contributed by atoms with Crippen LogP contribution >= 0.6 is 11.6 Å². The molecule has 0 radical (unpaired) electrons. The molecule has 2 aromatic carbocycles. The highest BCUT2D eigenvalue weighted by atomic mass is 35.5. The van der Waals surface area contributed by atoms with Gasteiger partial charge in [0, 0.05) is 5.54 Å². The molecule has 19 heavy (non-hydrogen) atoms. The largest absolute Gasteiger partial charge is 0.404 e. The van der Waals surface area contributed by atoms with E-state index in [2.05, 4.69) is 55.1 Å². The van der Waals surface area contributed by atoms with Gasteiger partial charge in [-0.05, 0) is 23.0 Å². The van der Waals surface area contributed by atoms with Crippen molar-refractivity contribution >= 4 is 30.3 Å². The molecule has 0 saturated heterocycles. The summed E-state index contributed by atoms with van der Waals surface area (Å²) in [6.45, 7) is 2.76. The zero-order valence-corrected chi connectivity index (χ0v) is 12.7. The third-order valence-electron chi connectivity index (χ3n) is 3.21. The molecular formula is C16H17ClOSi. The van der Waals surface area contributed by atoms with Gasteiger partial charge in [-0.3, -0.25) is 0 Å². The molecule has 1 nitrogen and oxygen atoms in total. The second-order valence-electron chi connectivity index (χ2n) is 4.44. The molecule has 0 aromatic heterocycles. The van der Waals surface area contributed by atoms with E-state index in [1.54, 1.807) is 0 Å². The molecule has 0 aliphatic carbocycles. The maximum atomic E-state index is 6.21. The van der Waals surface area contributed by atoms with Crippen LogP contribution in [0.5, 0.6) is 0 Å². The number of hydrogen-bond donors (Lipinski definition) is 0. The van der Waals surface area contributed by atoms with Crippen LogP contribution in [0, 0.1) is 0 Å². The highest BCUT2D eigenvalue weighted by Crippen LogP contribution is 2.07. The van der Waals surface area contributed by atoms with Gasteiger partial charge in [0.1, 0.15) is 0 Å². The van der Waals surface area contributed by atoms with Gasteiger partial charge >= 0.3 is 0 Å². The maximum absolute atomic E-state index is 6.21. The van der Waals surface area contributed by atoms with E-state index in [0.717, 1.165) is 0 Å². The Morgan fingerprint density at radius 2 is 1.42 bits per heavy atom. The summed E-state index contributed by atoms with van der Waals surface area (Å²) in [7, 11) is -2.15. The van der Waals surface area contributed by atoms with Crippen LogP contribution in [0.25, 0.3) is 0 Å². The molecule has 0 saturated carbocycles. The van der Waals surface area contributed by atoms with Crippen LogP contribution in [0.15, 0.2) is 72.3 Å². The van der Waals surface area contributed by atoms with Crippen LogP contribution < -0.4 is 10.4 Å². The quantitative estimate of drug-likeness (QED) is 0.768. The third kappa shape index (κ3) is 3.35. The third-order valence-corrected chi connectivity index (χ3v) is 7.00. The molecule has 0 N–H and O–H groups in total. The number of hydrogen-bond acceptors (Lipinski definition) is 1. The molecule has 2 aromatic rings. The molecule has 0 fully saturated rings. The van der Waals surface area contributed by atoms with Gasteiger partial charge in [0.25, 0.3) is 8.32 Å². The number of benzene rings is 2. The van der Waals surface area contributed by atoms with Crippen LogP contribution in [-0.2, 0) is 4.43 Å². The monoisotopic (exact) mass is 288 g/mol. The van der Waals surface area contributed by atoms with Crippen molar-refractivity contribution in [1.82, 2.24) is 0 Å². The van der Waals surface area contributed by atoms with Crippen LogP contribution in [-0.4, -0.2) is 14.9 Å². The average Bonchev–Trinajstić information content (AvgIpc) is 2.49. The first-order chi connectivity index (χ1) is 9.27. The number of rotatable bonds is 5. The molecule has 0 atom stereocenters. The lowest BCUT2D eigenvalue weighted by atomic mass is 10.4. The molecule has 0 unspecified atom stereocenters. The van der Waals surface area contributed by atoms with Crippen molar-refractivity contribution in [3.63, 3.8) is 0 Å². The summed E-state index contributed by atoms with van der Waals surface area (Å²) in [5.74, 6) is 0. The summed E-state index contributed by atoms with van der Waals surface area (Å²) in [5.41, 5.74) is 1.50. The highest BCUT2D eigenvalue weighted by Gasteiger charge is 2.33. The fraction of sp³-hybridized carbons (Fsp3) is 0.125. The van der Waals surface area contributed by atoms with Crippen molar-refractivity contribution in [3.05, 3.63) is 72.3 Å². The van der Waals surface area contributed by atoms with E-state index in [4.69, 9.17) is 16.0 Å². The van der Waals surface area contributed by atoms with Crippen molar-refractivity contribution in [2.75, 3.05) is 6.61 Å². The molecule has 0 aliphatic heterocycles. The summed E-state index contributed by atoms with van der Waals surface area (Å²) >= 11 is 5.58. The Hall–Kier alpha value is -1.35. The Balaban J connectivity index is 2.38. The van der Waals surface area contributed by atoms with Gasteiger partial charge in [-0.15, -0.1) is 0 Å². The molecule has 0 aliphatic rings. The van der Waals surface area contributed by atoms with Gasteiger partial charge in [-0.2, -0.15) is 0 Å². The van der Waals surface area contributed by atoms with Crippen molar-refractivity contribution in [3.8, 4) is 0 Å². The topological polar surface area (TPSA) is 9.23 Å². The highest BCUT2D eigenvalue weighted by molar-refractivity contribution is 6.96. The Labute approximate surface area is 120 Å². The van der Waals surface area contributed by atoms with Crippen LogP contribution in [0.2, 0.25) is 6.55 Å². The zero-order chi connectivity index (χ0) is 13.6. The van der Waals surface area contributed by atoms with E-state index in [1.165, 1.54) is 15.9 Å². The molecular weight excluding hydrogens is 272 g/mol. The lowest BCUT2D eigenvalue weighted by Gasteiger charge is -2.27. The Bertz CT molecular complexity index is 485. The molecule has 0 heterocycles. The van der Waals surface area contributed by atoms with E-state index in [0.29, 0.717) is 6.61 Å². The normalized spacial score (nSPS) is 11.9. The summed E-state index contributed by atoms with van der Waals surface area (Å²) < 4.78 is 6.21. The predicted octanol–water partition coefficient (Wildman–Crippen LogP) is 3.15. The van der Waals surface area contributed by atoms with Crippen molar-refractivity contribution in [2.45, 2.75) is 6.55 Å². The molecule has 2 rings (SSSR count). The summed E-state index contributed by atoms with van der Waals surface area (Å²) in [6.07, 6.45) is 1.83. The average molecular weight is 289 g/mol. The number of halogens is 1. The van der Waals surface area contributed by atoms with Crippen LogP contribution in [0.3, 0.4) is 0 Å².